The lowest BCUT2D eigenvalue weighted by molar-refractivity contribution is -0.0205. The van der Waals surface area contributed by atoms with Crippen LogP contribution in [0.3, 0.4) is 0 Å². The number of ketones is 1. The molecule has 2 aromatic carbocycles. The Kier molecular flexibility index (Phi) is 4.95. The SMILES string of the molecule is O=C(CNC(=O)c1ccc(N2CCC3(C2)OCc2ccccc23)nn1)c1ccccc1. The highest BCUT2D eigenvalue weighted by atomic mass is 16.5. The van der Waals surface area contributed by atoms with E-state index in [0.29, 0.717) is 24.5 Å². The highest BCUT2D eigenvalue weighted by Gasteiger charge is 2.45. The second-order valence-electron chi connectivity index (χ2n) is 7.86. The van der Waals surface area contributed by atoms with Crippen molar-refractivity contribution in [1.29, 1.82) is 0 Å². The number of anilines is 1. The van der Waals surface area contributed by atoms with Gasteiger partial charge in [-0.25, -0.2) is 0 Å². The fraction of sp³-hybridized carbons (Fsp3) is 0.250. The van der Waals surface area contributed by atoms with Gasteiger partial charge in [-0.3, -0.25) is 9.59 Å². The van der Waals surface area contributed by atoms with Crippen LogP contribution in [-0.2, 0) is 16.9 Å². The van der Waals surface area contributed by atoms with Crippen LogP contribution in [0.25, 0.3) is 0 Å². The molecule has 1 N–H and O–H groups in total. The Bertz CT molecular complexity index is 1120. The lowest BCUT2D eigenvalue weighted by Crippen LogP contribution is -2.32. The third kappa shape index (κ3) is 3.68. The number of ether oxygens (including phenoxy) is 1. The van der Waals surface area contributed by atoms with Crippen LogP contribution in [0.5, 0.6) is 0 Å². The highest BCUT2D eigenvalue weighted by Crippen LogP contribution is 2.43. The summed E-state index contributed by atoms with van der Waals surface area (Å²) in [6.45, 7) is 2.06. The van der Waals surface area contributed by atoms with Gasteiger partial charge < -0.3 is 15.0 Å². The van der Waals surface area contributed by atoms with E-state index >= 15 is 0 Å². The van der Waals surface area contributed by atoms with Gasteiger partial charge in [-0.1, -0.05) is 54.6 Å². The number of rotatable bonds is 5. The number of amides is 1. The van der Waals surface area contributed by atoms with Crippen molar-refractivity contribution in [2.75, 3.05) is 24.5 Å². The van der Waals surface area contributed by atoms with Gasteiger partial charge in [0.2, 0.25) is 0 Å². The molecular weight excluding hydrogens is 392 g/mol. The normalized spacial score (nSPS) is 19.4. The van der Waals surface area contributed by atoms with Crippen molar-refractivity contribution in [3.63, 3.8) is 0 Å². The van der Waals surface area contributed by atoms with E-state index in [9.17, 15) is 9.59 Å². The Balaban J connectivity index is 1.22. The third-order valence-corrected chi connectivity index (χ3v) is 5.96. The molecule has 2 aliphatic rings. The first-order chi connectivity index (χ1) is 15.1. The topological polar surface area (TPSA) is 84.4 Å². The molecule has 0 radical (unpaired) electrons. The molecule has 1 unspecified atom stereocenters. The Hall–Kier alpha value is -3.58. The largest absolute Gasteiger partial charge is 0.364 e. The number of carbonyl (C=O) groups excluding carboxylic acids is 2. The first-order valence-corrected chi connectivity index (χ1v) is 10.3. The molecule has 1 fully saturated rings. The summed E-state index contributed by atoms with van der Waals surface area (Å²) < 4.78 is 6.19. The molecule has 156 valence electrons. The van der Waals surface area contributed by atoms with Crippen molar-refractivity contribution < 1.29 is 14.3 Å². The maximum absolute atomic E-state index is 12.4. The Morgan fingerprint density at radius 3 is 2.61 bits per heavy atom. The van der Waals surface area contributed by atoms with Crippen LogP contribution < -0.4 is 10.2 Å². The number of nitrogens with zero attached hydrogens (tertiary/aromatic N) is 3. The molecule has 7 heteroatoms. The molecule has 0 saturated carbocycles. The zero-order valence-corrected chi connectivity index (χ0v) is 17.0. The molecule has 1 aromatic heterocycles. The van der Waals surface area contributed by atoms with Crippen molar-refractivity contribution in [3.05, 3.63) is 89.1 Å². The quantitative estimate of drug-likeness (QED) is 0.647. The van der Waals surface area contributed by atoms with Gasteiger partial charge in [0.15, 0.2) is 17.3 Å². The van der Waals surface area contributed by atoms with Crippen molar-refractivity contribution in [2.24, 2.45) is 0 Å². The maximum atomic E-state index is 12.4. The van der Waals surface area contributed by atoms with E-state index in [4.69, 9.17) is 4.74 Å². The molecular formula is C24H22N4O3. The molecule has 0 aliphatic carbocycles. The number of benzene rings is 2. The summed E-state index contributed by atoms with van der Waals surface area (Å²) in [5, 5.41) is 10.9. The van der Waals surface area contributed by atoms with Gasteiger partial charge >= 0.3 is 0 Å². The summed E-state index contributed by atoms with van der Waals surface area (Å²) >= 11 is 0. The van der Waals surface area contributed by atoms with Gasteiger partial charge in [0.05, 0.1) is 19.7 Å². The molecule has 5 rings (SSSR count). The van der Waals surface area contributed by atoms with Gasteiger partial charge in [-0.2, -0.15) is 0 Å². The minimum atomic E-state index is -0.422. The summed E-state index contributed by atoms with van der Waals surface area (Å²) in [7, 11) is 0. The van der Waals surface area contributed by atoms with Crippen molar-refractivity contribution in [3.8, 4) is 0 Å². The van der Waals surface area contributed by atoms with E-state index in [1.165, 1.54) is 11.1 Å². The molecule has 1 amide bonds. The van der Waals surface area contributed by atoms with Gasteiger partial charge in [-0.15, -0.1) is 10.2 Å². The number of nitrogens with one attached hydrogen (secondary N) is 1. The van der Waals surface area contributed by atoms with E-state index in [0.717, 1.165) is 13.0 Å². The van der Waals surface area contributed by atoms with Crippen LogP contribution in [0.2, 0.25) is 0 Å². The van der Waals surface area contributed by atoms with Crippen LogP contribution >= 0.6 is 0 Å². The third-order valence-electron chi connectivity index (χ3n) is 5.96. The Morgan fingerprint density at radius 1 is 1.00 bits per heavy atom. The monoisotopic (exact) mass is 414 g/mol. The number of hydrogen-bond donors (Lipinski definition) is 1. The fourth-order valence-corrected chi connectivity index (χ4v) is 4.29. The molecule has 1 spiro atoms. The zero-order valence-electron chi connectivity index (χ0n) is 17.0. The average molecular weight is 414 g/mol. The van der Waals surface area contributed by atoms with E-state index in [2.05, 4.69) is 32.5 Å². The van der Waals surface area contributed by atoms with Gasteiger partial charge in [0.25, 0.3) is 5.91 Å². The summed E-state index contributed by atoms with van der Waals surface area (Å²) in [6, 6.07) is 20.6. The smallest absolute Gasteiger partial charge is 0.272 e. The van der Waals surface area contributed by atoms with Gasteiger partial charge in [0.1, 0.15) is 5.60 Å². The van der Waals surface area contributed by atoms with Crippen LogP contribution in [0, 0.1) is 0 Å². The second-order valence-corrected chi connectivity index (χ2v) is 7.86. The molecule has 2 aliphatic heterocycles. The molecule has 3 aromatic rings. The van der Waals surface area contributed by atoms with Crippen molar-refractivity contribution >= 4 is 17.5 Å². The molecule has 1 atom stereocenters. The first-order valence-electron chi connectivity index (χ1n) is 10.3. The fourth-order valence-electron chi connectivity index (χ4n) is 4.29. The minimum Gasteiger partial charge on any atom is -0.364 e. The lowest BCUT2D eigenvalue weighted by atomic mass is 9.92. The highest BCUT2D eigenvalue weighted by molar-refractivity contribution is 6.01. The van der Waals surface area contributed by atoms with Gasteiger partial charge in [-0.05, 0) is 29.7 Å². The molecule has 3 heterocycles. The predicted octanol–water partition coefficient (Wildman–Crippen LogP) is 2.73. The summed E-state index contributed by atoms with van der Waals surface area (Å²) in [4.78, 5) is 26.6. The zero-order chi connectivity index (χ0) is 21.3. The van der Waals surface area contributed by atoms with Crippen molar-refractivity contribution in [2.45, 2.75) is 18.6 Å². The Morgan fingerprint density at radius 2 is 1.81 bits per heavy atom. The minimum absolute atomic E-state index is 0.0856. The average Bonchev–Trinajstić information content (AvgIpc) is 3.43. The number of hydrogen-bond acceptors (Lipinski definition) is 6. The second kappa shape index (κ2) is 7.92. The molecule has 7 nitrogen and oxygen atoms in total. The van der Waals surface area contributed by atoms with E-state index in [1.54, 1.807) is 36.4 Å². The van der Waals surface area contributed by atoms with E-state index < -0.39 is 5.91 Å². The molecule has 0 bridgehead atoms. The number of aromatic nitrogens is 2. The first kappa shape index (κ1) is 19.4. The summed E-state index contributed by atoms with van der Waals surface area (Å²) in [6.07, 6.45) is 0.884. The maximum Gasteiger partial charge on any atom is 0.272 e. The number of fused-ring (bicyclic) bond motifs is 2. The predicted molar refractivity (Wildman–Crippen MR) is 115 cm³/mol. The Labute approximate surface area is 180 Å². The summed E-state index contributed by atoms with van der Waals surface area (Å²) in [5.41, 5.74) is 2.94. The van der Waals surface area contributed by atoms with Crippen LogP contribution in [0.15, 0.2) is 66.7 Å². The van der Waals surface area contributed by atoms with Crippen molar-refractivity contribution in [1.82, 2.24) is 15.5 Å². The standard InChI is InChI=1S/C24H22N4O3/c29-21(17-6-2-1-3-7-17)14-25-23(30)20-10-11-22(27-26-20)28-13-12-24(16-28)19-9-5-4-8-18(19)15-31-24/h1-11H,12-16H2,(H,25,30). The number of carbonyl (C=O) groups is 2. The van der Waals surface area contributed by atoms with E-state index in [-0.39, 0.29) is 23.6 Å². The molecule has 31 heavy (non-hydrogen) atoms. The lowest BCUT2D eigenvalue weighted by Gasteiger charge is -2.25. The van der Waals surface area contributed by atoms with E-state index in [1.807, 2.05) is 18.2 Å². The van der Waals surface area contributed by atoms with Gasteiger partial charge in [0, 0.05) is 12.1 Å². The molecule has 1 saturated heterocycles. The van der Waals surface area contributed by atoms with Crippen LogP contribution in [0.1, 0.15) is 38.4 Å². The van der Waals surface area contributed by atoms with Crippen LogP contribution in [-0.4, -0.2) is 41.5 Å². The summed E-state index contributed by atoms with van der Waals surface area (Å²) in [5.74, 6) is 0.133. The van der Waals surface area contributed by atoms with Crippen LogP contribution in [0.4, 0.5) is 5.82 Å². The number of Topliss-reactive ketones (excluding diaryl/α,β-unsaturated/α-hetero) is 1.